The van der Waals surface area contributed by atoms with Crippen molar-refractivity contribution in [3.05, 3.63) is 11.6 Å². The van der Waals surface area contributed by atoms with Crippen molar-refractivity contribution in [2.45, 2.75) is 97.8 Å². The van der Waals surface area contributed by atoms with Gasteiger partial charge in [-0.2, -0.15) is 0 Å². The molecule has 0 aromatic rings. The van der Waals surface area contributed by atoms with Crippen LogP contribution < -0.4 is 0 Å². The molecule has 5 aliphatic rings. The summed E-state index contributed by atoms with van der Waals surface area (Å²) in [6, 6.07) is 0.534. The van der Waals surface area contributed by atoms with Gasteiger partial charge in [-0.3, -0.25) is 9.79 Å². The van der Waals surface area contributed by atoms with Crippen molar-refractivity contribution in [1.82, 2.24) is 4.90 Å². The normalized spacial score (nSPS) is 49.0. The molecular formula is C29H46N2O3. The number of carbonyl (C=O) groups is 1. The lowest BCUT2D eigenvalue weighted by molar-refractivity contribution is -0.147. The molecule has 190 valence electrons. The van der Waals surface area contributed by atoms with E-state index >= 15 is 0 Å². The van der Waals surface area contributed by atoms with Crippen molar-refractivity contribution in [2.24, 2.45) is 44.9 Å². The van der Waals surface area contributed by atoms with Gasteiger partial charge in [0.1, 0.15) is 5.78 Å². The number of fused-ring (bicyclic) bond motifs is 6. The van der Waals surface area contributed by atoms with Crippen LogP contribution in [0.15, 0.2) is 16.6 Å². The Morgan fingerprint density at radius 1 is 1.24 bits per heavy atom. The minimum atomic E-state index is -0.348. The first-order valence-electron chi connectivity index (χ1n) is 13.7. The zero-order chi connectivity index (χ0) is 24.6. The fraction of sp³-hybridized carbons (Fsp3) is 0.862. The van der Waals surface area contributed by atoms with Crippen LogP contribution in [0.5, 0.6) is 0 Å². The summed E-state index contributed by atoms with van der Waals surface area (Å²) >= 11 is 0. The van der Waals surface area contributed by atoms with E-state index in [0.717, 1.165) is 51.0 Å². The summed E-state index contributed by atoms with van der Waals surface area (Å²) in [4.78, 5) is 21.1. The first-order chi connectivity index (χ1) is 16.0. The highest BCUT2D eigenvalue weighted by Gasteiger charge is 2.68. The van der Waals surface area contributed by atoms with E-state index < -0.39 is 0 Å². The third kappa shape index (κ3) is 3.25. The van der Waals surface area contributed by atoms with Gasteiger partial charge in [0.2, 0.25) is 0 Å². The summed E-state index contributed by atoms with van der Waals surface area (Å²) < 4.78 is 6.13. The predicted octanol–water partition coefficient (Wildman–Crippen LogP) is 4.88. The van der Waals surface area contributed by atoms with Crippen LogP contribution >= 0.6 is 0 Å². The number of Topliss-reactive ketones (excluding diaryl/α,β-unsaturated/α-hetero) is 1. The quantitative estimate of drug-likeness (QED) is 0.597. The molecule has 10 atom stereocenters. The number of hydrogen-bond acceptors (Lipinski definition) is 5. The highest BCUT2D eigenvalue weighted by molar-refractivity contribution is 5.84. The van der Waals surface area contributed by atoms with E-state index in [0.29, 0.717) is 30.1 Å². The van der Waals surface area contributed by atoms with E-state index in [1.54, 1.807) is 0 Å². The molecule has 3 fully saturated rings. The monoisotopic (exact) mass is 470 g/mol. The Hall–Kier alpha value is -1.20. The number of ether oxygens (including phenoxy) is 1. The first-order valence-corrected chi connectivity index (χ1v) is 13.7. The Morgan fingerprint density at radius 2 is 1.97 bits per heavy atom. The Balaban J connectivity index is 1.49. The number of aliphatic hydroxyl groups excluding tert-OH is 1. The second kappa shape index (κ2) is 8.16. The maximum absolute atomic E-state index is 13.9. The molecule has 0 amide bonds. The molecule has 0 bridgehead atoms. The van der Waals surface area contributed by atoms with Crippen molar-refractivity contribution in [3.8, 4) is 0 Å². The van der Waals surface area contributed by atoms with Gasteiger partial charge in [0.15, 0.2) is 5.90 Å². The highest BCUT2D eigenvalue weighted by atomic mass is 16.5. The number of rotatable bonds is 3. The molecule has 1 aliphatic heterocycles. The number of carbonyl (C=O) groups excluding carboxylic acids is 1. The topological polar surface area (TPSA) is 62.1 Å². The third-order valence-corrected chi connectivity index (χ3v) is 11.7. The standard InChI is InChI=1S/C29H46N2O3/c1-8-25-30-24-12-9-18-13-19-21(11-10-20(18)27(24,3)16-34-25)28(4)15-23(33)26(17(2)31(6)7)29(28,5)14-22(19)32/h9,17,19-21,23-24,26,33H,8,10-16H2,1-7H3/t17-,19+,20+,21+,23+,24-,26-,27-,28-,29+/m0/s1. The maximum Gasteiger partial charge on any atom is 0.183 e. The van der Waals surface area contributed by atoms with Gasteiger partial charge < -0.3 is 14.7 Å². The Morgan fingerprint density at radius 3 is 2.65 bits per heavy atom. The lowest BCUT2D eigenvalue weighted by atomic mass is 9.48. The number of allylic oxidation sites excluding steroid dienone is 1. The molecule has 0 radical (unpaired) electrons. The van der Waals surface area contributed by atoms with Crippen LogP contribution in [-0.4, -0.2) is 60.6 Å². The summed E-state index contributed by atoms with van der Waals surface area (Å²) in [6.07, 6.45) is 8.40. The summed E-state index contributed by atoms with van der Waals surface area (Å²) in [6.45, 7) is 12.2. The average molecular weight is 471 g/mol. The molecule has 3 saturated carbocycles. The third-order valence-electron chi connectivity index (χ3n) is 11.7. The lowest BCUT2D eigenvalue weighted by Crippen LogP contribution is -2.55. The molecule has 1 N–H and O–H groups in total. The number of ketones is 1. The van der Waals surface area contributed by atoms with Gasteiger partial charge in [-0.05, 0) is 75.8 Å². The molecule has 1 heterocycles. The number of hydrogen-bond donors (Lipinski definition) is 1. The molecular weight excluding hydrogens is 424 g/mol. The van der Waals surface area contributed by atoms with Gasteiger partial charge in [-0.1, -0.05) is 39.3 Å². The number of aliphatic hydroxyl groups is 1. The van der Waals surface area contributed by atoms with Crippen LogP contribution in [0.4, 0.5) is 0 Å². The van der Waals surface area contributed by atoms with Gasteiger partial charge in [-0.25, -0.2) is 0 Å². The minimum Gasteiger partial charge on any atom is -0.480 e. The fourth-order valence-corrected chi connectivity index (χ4v) is 9.32. The smallest absolute Gasteiger partial charge is 0.183 e. The van der Waals surface area contributed by atoms with Gasteiger partial charge in [-0.15, -0.1) is 0 Å². The van der Waals surface area contributed by atoms with Crippen molar-refractivity contribution < 1.29 is 14.6 Å². The van der Waals surface area contributed by atoms with Gasteiger partial charge in [0.05, 0.1) is 18.8 Å². The van der Waals surface area contributed by atoms with Crippen molar-refractivity contribution in [1.29, 1.82) is 0 Å². The SMILES string of the molecule is CCC1=N[C@H]2CC=C3C[C@H]4C(=O)C[C@]5(C)[C@@H]([C@H](C)N(C)C)[C@H](O)C[C@@]5(C)[C@@H]4CC[C@H]3[C@]2(C)CO1. The largest absolute Gasteiger partial charge is 0.480 e. The molecule has 0 saturated heterocycles. The van der Waals surface area contributed by atoms with E-state index in [-0.39, 0.29) is 40.2 Å². The Bertz CT molecular complexity index is 911. The predicted molar refractivity (Wildman–Crippen MR) is 136 cm³/mol. The van der Waals surface area contributed by atoms with Gasteiger partial charge in [0.25, 0.3) is 0 Å². The minimum absolute atomic E-state index is 0.0145. The van der Waals surface area contributed by atoms with Crippen LogP contribution in [-0.2, 0) is 9.53 Å². The summed E-state index contributed by atoms with van der Waals surface area (Å²) in [5, 5.41) is 11.4. The molecule has 34 heavy (non-hydrogen) atoms. The summed E-state index contributed by atoms with van der Waals surface area (Å²) in [5.74, 6) is 2.33. The molecule has 0 spiro atoms. The molecule has 5 rings (SSSR count). The number of nitrogens with zero attached hydrogens (tertiary/aromatic N) is 2. The zero-order valence-electron chi connectivity index (χ0n) is 22.4. The number of aliphatic imine (C=N–C) groups is 1. The van der Waals surface area contributed by atoms with Crippen molar-refractivity contribution >= 4 is 11.7 Å². The summed E-state index contributed by atoms with van der Waals surface area (Å²) in [7, 11) is 4.20. The van der Waals surface area contributed by atoms with Gasteiger partial charge in [0, 0.05) is 36.1 Å². The fourth-order valence-electron chi connectivity index (χ4n) is 9.32. The van der Waals surface area contributed by atoms with Crippen LogP contribution in [0.2, 0.25) is 0 Å². The van der Waals surface area contributed by atoms with E-state index in [4.69, 9.17) is 9.73 Å². The molecule has 0 unspecified atom stereocenters. The van der Waals surface area contributed by atoms with Crippen molar-refractivity contribution in [3.63, 3.8) is 0 Å². The summed E-state index contributed by atoms with van der Waals surface area (Å²) in [5.41, 5.74) is 1.31. The lowest BCUT2D eigenvalue weighted by Gasteiger charge is -2.56. The van der Waals surface area contributed by atoms with E-state index in [9.17, 15) is 9.90 Å². The van der Waals surface area contributed by atoms with Crippen molar-refractivity contribution in [2.75, 3.05) is 20.7 Å². The van der Waals surface area contributed by atoms with Crippen LogP contribution in [0.1, 0.15) is 79.6 Å². The van der Waals surface area contributed by atoms with Crippen LogP contribution in [0.3, 0.4) is 0 Å². The molecule has 4 aliphatic carbocycles. The Kier molecular flexibility index (Phi) is 5.88. The van der Waals surface area contributed by atoms with E-state index in [1.165, 1.54) is 5.57 Å². The molecule has 0 aromatic carbocycles. The molecule has 0 aromatic heterocycles. The molecule has 5 heteroatoms. The van der Waals surface area contributed by atoms with Crippen LogP contribution in [0.25, 0.3) is 0 Å². The second-order valence-corrected chi connectivity index (χ2v) is 13.2. The zero-order valence-corrected chi connectivity index (χ0v) is 22.4. The average Bonchev–Trinajstić information content (AvgIpc) is 2.91. The van der Waals surface area contributed by atoms with E-state index in [2.05, 4.69) is 59.7 Å². The molecule has 5 nitrogen and oxygen atoms in total. The second-order valence-electron chi connectivity index (χ2n) is 13.2. The maximum atomic E-state index is 13.9. The first kappa shape index (κ1) is 24.5. The van der Waals surface area contributed by atoms with Crippen LogP contribution in [0, 0.1) is 39.9 Å². The van der Waals surface area contributed by atoms with E-state index in [1.807, 2.05) is 0 Å². The Labute approximate surface area is 206 Å². The highest BCUT2D eigenvalue weighted by Crippen LogP contribution is 2.69. The van der Waals surface area contributed by atoms with Gasteiger partial charge >= 0.3 is 0 Å².